The molecule has 2 aromatic rings. The molecule has 0 amide bonds. The molecule has 25 heavy (non-hydrogen) atoms. The van der Waals surface area contributed by atoms with Gasteiger partial charge < -0.3 is 14.7 Å². The molecule has 0 heterocycles. The second kappa shape index (κ2) is 8.07. The van der Waals surface area contributed by atoms with Crippen LogP contribution in [0.15, 0.2) is 42.2 Å². The van der Waals surface area contributed by atoms with Crippen molar-refractivity contribution in [2.24, 2.45) is 0 Å². The second-order valence-corrected chi connectivity index (χ2v) is 8.10. The molecule has 0 fully saturated rings. The first-order chi connectivity index (χ1) is 11.8. The van der Waals surface area contributed by atoms with Gasteiger partial charge in [0.05, 0.1) is 22.2 Å². The van der Waals surface area contributed by atoms with Gasteiger partial charge in [0.1, 0.15) is 5.75 Å². The Bertz CT molecular complexity index is 856. The van der Waals surface area contributed by atoms with E-state index < -0.39 is 13.3 Å². The molecule has 132 valence electrons. The van der Waals surface area contributed by atoms with Crippen LogP contribution in [0.3, 0.4) is 0 Å². The molecule has 8 heteroatoms. The van der Waals surface area contributed by atoms with Crippen LogP contribution in [0.5, 0.6) is 5.75 Å². The first-order valence-electron chi connectivity index (χ1n) is 7.22. The number of aromatic hydroxyl groups is 1. The van der Waals surface area contributed by atoms with Crippen molar-refractivity contribution in [2.75, 3.05) is 6.61 Å². The molecule has 1 atom stereocenters. The van der Waals surface area contributed by atoms with E-state index >= 15 is 0 Å². The molecule has 0 aliphatic carbocycles. The number of rotatable bonds is 6. The summed E-state index contributed by atoms with van der Waals surface area (Å²) in [6.07, 6.45) is 1.49. The Morgan fingerprint density at radius 3 is 2.40 bits per heavy atom. The van der Waals surface area contributed by atoms with Crippen LogP contribution in [0.25, 0.3) is 6.08 Å². The number of halogens is 2. The molecule has 0 saturated heterocycles. The number of phenols is 1. The first kappa shape index (κ1) is 19.5. The standard InChI is InChI=1S/C17H15Cl2O5P/c1-2-24-25(23,13-5-3-4-12(20)10-13)7-6-11-8-14(18)16(17(21)22)15(19)9-11/h3-10,20H,2H2,1H3,(H,21,22)/b7-6+. The molecule has 0 radical (unpaired) electrons. The Morgan fingerprint density at radius 1 is 1.24 bits per heavy atom. The molecule has 0 spiro atoms. The number of benzene rings is 2. The first-order valence-corrected chi connectivity index (χ1v) is 9.67. The number of carboxylic acid groups (broad SMARTS) is 1. The van der Waals surface area contributed by atoms with Gasteiger partial charge in [-0.25, -0.2) is 4.79 Å². The fourth-order valence-electron chi connectivity index (χ4n) is 2.16. The highest BCUT2D eigenvalue weighted by Gasteiger charge is 2.22. The summed E-state index contributed by atoms with van der Waals surface area (Å²) in [6.45, 7) is 1.91. The van der Waals surface area contributed by atoms with Crippen LogP contribution in [0.4, 0.5) is 0 Å². The van der Waals surface area contributed by atoms with Gasteiger partial charge in [-0.1, -0.05) is 29.3 Å². The predicted octanol–water partition coefficient (Wildman–Crippen LogP) is 5.01. The summed E-state index contributed by atoms with van der Waals surface area (Å²) in [7, 11) is -3.37. The van der Waals surface area contributed by atoms with Crippen LogP contribution in [-0.2, 0) is 9.09 Å². The summed E-state index contributed by atoms with van der Waals surface area (Å²) in [5.74, 6) is 0.112. The quantitative estimate of drug-likeness (QED) is 0.665. The monoisotopic (exact) mass is 400 g/mol. The fraction of sp³-hybridized carbons (Fsp3) is 0.118. The summed E-state index contributed by atoms with van der Waals surface area (Å²) in [5, 5.41) is 18.9. The van der Waals surface area contributed by atoms with Gasteiger partial charge in [-0.05, 0) is 48.9 Å². The smallest absolute Gasteiger partial charge is 0.338 e. The normalized spacial score (nSPS) is 13.7. The van der Waals surface area contributed by atoms with Crippen LogP contribution in [0, 0.1) is 0 Å². The third-order valence-corrected chi connectivity index (χ3v) is 6.03. The van der Waals surface area contributed by atoms with Crippen molar-refractivity contribution in [1.82, 2.24) is 0 Å². The maximum Gasteiger partial charge on any atom is 0.338 e. The zero-order valence-corrected chi connectivity index (χ0v) is 15.6. The van der Waals surface area contributed by atoms with Gasteiger partial charge >= 0.3 is 5.97 Å². The molecule has 2 N–H and O–H groups in total. The van der Waals surface area contributed by atoms with E-state index in [1.54, 1.807) is 19.1 Å². The van der Waals surface area contributed by atoms with Crippen molar-refractivity contribution < 1.29 is 24.1 Å². The van der Waals surface area contributed by atoms with Gasteiger partial charge in [0.2, 0.25) is 0 Å². The van der Waals surface area contributed by atoms with E-state index in [-0.39, 0.29) is 28.0 Å². The van der Waals surface area contributed by atoms with E-state index in [2.05, 4.69) is 0 Å². The second-order valence-electron chi connectivity index (χ2n) is 5.02. The summed E-state index contributed by atoms with van der Waals surface area (Å²) in [4.78, 5) is 11.1. The summed E-state index contributed by atoms with van der Waals surface area (Å²) < 4.78 is 18.5. The molecule has 0 aliphatic heterocycles. The molecular weight excluding hydrogens is 386 g/mol. The molecule has 1 unspecified atom stereocenters. The summed E-state index contributed by atoms with van der Waals surface area (Å²) >= 11 is 11.9. The van der Waals surface area contributed by atoms with Gasteiger partial charge in [0, 0.05) is 11.1 Å². The molecule has 2 aromatic carbocycles. The maximum absolute atomic E-state index is 13.1. The highest BCUT2D eigenvalue weighted by Crippen LogP contribution is 2.48. The molecule has 0 aliphatic rings. The number of carboxylic acids is 1. The van der Waals surface area contributed by atoms with Gasteiger partial charge in [-0.2, -0.15) is 0 Å². The Balaban J connectivity index is 2.43. The lowest BCUT2D eigenvalue weighted by Gasteiger charge is -2.14. The molecular formula is C17H15Cl2O5P. The number of phenolic OH excluding ortho intramolecular Hbond substituents is 1. The average Bonchev–Trinajstić information content (AvgIpc) is 2.52. The van der Waals surface area contributed by atoms with Crippen molar-refractivity contribution in [3.63, 3.8) is 0 Å². The molecule has 0 aromatic heterocycles. The van der Waals surface area contributed by atoms with Crippen molar-refractivity contribution in [1.29, 1.82) is 0 Å². The van der Waals surface area contributed by atoms with Crippen LogP contribution in [-0.4, -0.2) is 22.8 Å². The van der Waals surface area contributed by atoms with Crippen LogP contribution < -0.4 is 5.30 Å². The number of aromatic carboxylic acids is 1. The Kier molecular flexibility index (Phi) is 6.31. The third kappa shape index (κ3) is 4.65. The van der Waals surface area contributed by atoms with E-state index in [1.165, 1.54) is 36.2 Å². The molecule has 0 saturated carbocycles. The highest BCUT2D eigenvalue weighted by atomic mass is 35.5. The summed E-state index contributed by atoms with van der Waals surface area (Å²) in [5.41, 5.74) is 0.279. The molecule has 5 nitrogen and oxygen atoms in total. The minimum Gasteiger partial charge on any atom is -0.508 e. The SMILES string of the molecule is CCOP(=O)(/C=C/c1cc(Cl)c(C(=O)O)c(Cl)c1)c1cccc(O)c1. The van der Waals surface area contributed by atoms with Crippen LogP contribution in [0.1, 0.15) is 22.8 Å². The molecule has 0 bridgehead atoms. The zero-order valence-electron chi connectivity index (χ0n) is 13.1. The predicted molar refractivity (Wildman–Crippen MR) is 99.4 cm³/mol. The topological polar surface area (TPSA) is 83.8 Å². The van der Waals surface area contributed by atoms with Crippen molar-refractivity contribution >= 4 is 47.9 Å². The molecule has 2 rings (SSSR count). The minimum absolute atomic E-state index is 0.0248. The van der Waals surface area contributed by atoms with E-state index in [4.69, 9.17) is 32.8 Å². The van der Waals surface area contributed by atoms with Gasteiger partial charge in [-0.15, -0.1) is 0 Å². The van der Waals surface area contributed by atoms with Crippen LogP contribution >= 0.6 is 30.6 Å². The van der Waals surface area contributed by atoms with Crippen molar-refractivity contribution in [3.05, 3.63) is 63.4 Å². The summed E-state index contributed by atoms with van der Waals surface area (Å²) in [6, 6.07) is 8.81. The van der Waals surface area contributed by atoms with Gasteiger partial charge in [0.15, 0.2) is 0 Å². The van der Waals surface area contributed by atoms with Crippen LogP contribution in [0.2, 0.25) is 10.0 Å². The van der Waals surface area contributed by atoms with E-state index in [1.807, 2.05) is 0 Å². The lowest BCUT2D eigenvalue weighted by atomic mass is 10.1. The third-order valence-electron chi connectivity index (χ3n) is 3.25. The number of hydrogen-bond acceptors (Lipinski definition) is 4. The van der Waals surface area contributed by atoms with E-state index in [9.17, 15) is 14.5 Å². The Hall–Kier alpha value is -1.78. The maximum atomic E-state index is 13.1. The number of hydrogen-bond donors (Lipinski definition) is 2. The van der Waals surface area contributed by atoms with Crippen molar-refractivity contribution in [3.8, 4) is 5.75 Å². The van der Waals surface area contributed by atoms with E-state index in [0.29, 0.717) is 10.9 Å². The van der Waals surface area contributed by atoms with Crippen molar-refractivity contribution in [2.45, 2.75) is 6.92 Å². The Labute approximate surface area is 154 Å². The van der Waals surface area contributed by atoms with E-state index in [0.717, 1.165) is 0 Å². The zero-order chi connectivity index (χ0) is 18.6. The fourth-order valence-corrected chi connectivity index (χ4v) is 4.59. The Morgan fingerprint density at radius 2 is 1.88 bits per heavy atom. The highest BCUT2D eigenvalue weighted by molar-refractivity contribution is 7.70. The van der Waals surface area contributed by atoms with Gasteiger partial charge in [-0.3, -0.25) is 4.57 Å². The van der Waals surface area contributed by atoms with Gasteiger partial charge in [0.25, 0.3) is 7.37 Å². The number of carbonyl (C=O) groups is 1. The average molecular weight is 401 g/mol. The lowest BCUT2D eigenvalue weighted by molar-refractivity contribution is 0.0697. The minimum atomic E-state index is -3.37. The largest absolute Gasteiger partial charge is 0.508 e. The lowest BCUT2D eigenvalue weighted by Crippen LogP contribution is -2.05.